The summed E-state index contributed by atoms with van der Waals surface area (Å²) in [6.45, 7) is 4.58. The highest BCUT2D eigenvalue weighted by atomic mass is 19.1. The summed E-state index contributed by atoms with van der Waals surface area (Å²) in [4.78, 5) is 20.9. The van der Waals surface area contributed by atoms with Crippen molar-refractivity contribution in [2.75, 3.05) is 26.2 Å². The van der Waals surface area contributed by atoms with Gasteiger partial charge in [0.25, 0.3) is 0 Å². The maximum absolute atomic E-state index is 13.3. The van der Waals surface area contributed by atoms with E-state index in [1.165, 1.54) is 6.07 Å². The zero-order chi connectivity index (χ0) is 17.2. The van der Waals surface area contributed by atoms with Gasteiger partial charge in [0.15, 0.2) is 0 Å². The van der Waals surface area contributed by atoms with Crippen molar-refractivity contribution < 1.29 is 9.18 Å². The molecule has 1 aromatic carbocycles. The third kappa shape index (κ3) is 3.51. The highest BCUT2D eigenvalue weighted by Crippen LogP contribution is 2.23. The molecular weight excluding hydrogens is 321 g/mol. The molecule has 0 radical (unpaired) electrons. The van der Waals surface area contributed by atoms with Gasteiger partial charge in [0, 0.05) is 51.7 Å². The number of amides is 2. The second-order valence-electron chi connectivity index (χ2n) is 6.66. The van der Waals surface area contributed by atoms with Crippen molar-refractivity contribution in [2.24, 2.45) is 0 Å². The summed E-state index contributed by atoms with van der Waals surface area (Å²) in [5.41, 5.74) is 0.968. The summed E-state index contributed by atoms with van der Waals surface area (Å²) in [5, 5.41) is 3.10. The minimum absolute atomic E-state index is 0.00724. The maximum atomic E-state index is 13.3. The second kappa shape index (κ2) is 6.84. The van der Waals surface area contributed by atoms with E-state index in [-0.39, 0.29) is 17.9 Å². The number of rotatable bonds is 3. The number of nitrogens with zero attached hydrogens (tertiary/aromatic N) is 4. The van der Waals surface area contributed by atoms with Gasteiger partial charge in [-0.25, -0.2) is 14.2 Å². The van der Waals surface area contributed by atoms with E-state index in [1.807, 2.05) is 17.2 Å². The van der Waals surface area contributed by atoms with Gasteiger partial charge in [-0.2, -0.15) is 0 Å². The number of carbonyl (C=O) groups excluding carboxylic acids is 1. The lowest BCUT2D eigenvalue weighted by Crippen LogP contribution is -2.51. The number of nitrogens with one attached hydrogen (secondary N) is 1. The number of piperazine rings is 1. The van der Waals surface area contributed by atoms with Crippen LogP contribution >= 0.6 is 0 Å². The van der Waals surface area contributed by atoms with E-state index in [4.69, 9.17) is 0 Å². The van der Waals surface area contributed by atoms with Crippen molar-refractivity contribution >= 4 is 6.03 Å². The van der Waals surface area contributed by atoms with Crippen LogP contribution < -0.4 is 5.32 Å². The average molecular weight is 343 g/mol. The first-order chi connectivity index (χ1) is 12.2. The minimum atomic E-state index is -0.203. The maximum Gasteiger partial charge on any atom is 0.318 e. The van der Waals surface area contributed by atoms with Crippen LogP contribution in [0.25, 0.3) is 0 Å². The Bertz CT molecular complexity index is 753. The van der Waals surface area contributed by atoms with Crippen molar-refractivity contribution in [3.05, 3.63) is 53.9 Å². The quantitative estimate of drug-likeness (QED) is 0.927. The Hall–Kier alpha value is -2.41. The van der Waals surface area contributed by atoms with Crippen LogP contribution in [0.3, 0.4) is 0 Å². The average Bonchev–Trinajstić information content (AvgIpc) is 3.21. The lowest BCUT2D eigenvalue weighted by atomic mass is 10.2. The van der Waals surface area contributed by atoms with Crippen LogP contribution in [0.15, 0.2) is 36.7 Å². The topological polar surface area (TPSA) is 53.4 Å². The molecule has 3 heterocycles. The summed E-state index contributed by atoms with van der Waals surface area (Å²) < 4.78 is 15.4. The van der Waals surface area contributed by atoms with E-state index in [1.54, 1.807) is 18.3 Å². The largest absolute Gasteiger partial charge is 0.333 e. The number of imidazole rings is 1. The van der Waals surface area contributed by atoms with Crippen LogP contribution in [0.1, 0.15) is 23.9 Å². The molecule has 1 unspecified atom stereocenters. The van der Waals surface area contributed by atoms with Crippen molar-refractivity contribution in [1.82, 2.24) is 24.7 Å². The van der Waals surface area contributed by atoms with Gasteiger partial charge in [-0.1, -0.05) is 12.1 Å². The molecule has 4 rings (SSSR count). The van der Waals surface area contributed by atoms with E-state index >= 15 is 0 Å². The number of urea groups is 1. The standard InChI is InChI=1S/C18H22FN5O/c19-15-3-1-2-14(12-15)13-22-8-10-24(11-9-22)18(25)21-16-4-6-23-7-5-20-17(16)23/h1-3,5,7,12,16H,4,6,8-11,13H2,(H,21,25). The fraction of sp³-hybridized carbons (Fsp3) is 0.444. The lowest BCUT2D eigenvalue weighted by Gasteiger charge is -2.35. The number of fused-ring (bicyclic) bond motifs is 1. The molecule has 132 valence electrons. The Balaban J connectivity index is 1.28. The van der Waals surface area contributed by atoms with Gasteiger partial charge in [-0.05, 0) is 24.1 Å². The zero-order valence-electron chi connectivity index (χ0n) is 14.1. The van der Waals surface area contributed by atoms with Crippen LogP contribution in [-0.2, 0) is 13.1 Å². The zero-order valence-corrected chi connectivity index (χ0v) is 14.1. The monoisotopic (exact) mass is 343 g/mol. The van der Waals surface area contributed by atoms with E-state index in [0.29, 0.717) is 19.6 Å². The Morgan fingerprint density at radius 1 is 1.24 bits per heavy atom. The Labute approximate surface area is 146 Å². The molecule has 1 saturated heterocycles. The van der Waals surface area contributed by atoms with Crippen molar-refractivity contribution in [1.29, 1.82) is 0 Å². The van der Waals surface area contributed by atoms with E-state index in [9.17, 15) is 9.18 Å². The molecule has 6 nitrogen and oxygen atoms in total. The molecule has 1 aromatic heterocycles. The first-order valence-corrected chi connectivity index (χ1v) is 8.72. The summed E-state index contributed by atoms with van der Waals surface area (Å²) >= 11 is 0. The van der Waals surface area contributed by atoms with Crippen LogP contribution in [0.2, 0.25) is 0 Å². The van der Waals surface area contributed by atoms with Crippen LogP contribution in [0.5, 0.6) is 0 Å². The molecule has 7 heteroatoms. The number of hydrogen-bond donors (Lipinski definition) is 1. The number of aryl methyl sites for hydroxylation is 1. The van der Waals surface area contributed by atoms with Gasteiger partial charge in [0.2, 0.25) is 0 Å². The van der Waals surface area contributed by atoms with Gasteiger partial charge < -0.3 is 14.8 Å². The molecule has 1 atom stereocenters. The van der Waals surface area contributed by atoms with Gasteiger partial charge in [0.05, 0.1) is 6.04 Å². The number of halogens is 1. The van der Waals surface area contributed by atoms with Gasteiger partial charge >= 0.3 is 6.03 Å². The Kier molecular flexibility index (Phi) is 4.40. The number of hydrogen-bond acceptors (Lipinski definition) is 3. The van der Waals surface area contributed by atoms with Crippen LogP contribution in [-0.4, -0.2) is 51.6 Å². The first-order valence-electron chi connectivity index (χ1n) is 8.72. The molecule has 0 spiro atoms. The Morgan fingerprint density at radius 2 is 2.08 bits per heavy atom. The molecular formula is C18H22FN5O. The fourth-order valence-electron chi connectivity index (χ4n) is 3.60. The summed E-state index contributed by atoms with van der Waals surface area (Å²) in [7, 11) is 0. The summed E-state index contributed by atoms with van der Waals surface area (Å²) in [5.74, 6) is 0.739. The van der Waals surface area contributed by atoms with E-state index < -0.39 is 0 Å². The smallest absolute Gasteiger partial charge is 0.318 e. The third-order valence-electron chi connectivity index (χ3n) is 4.97. The molecule has 2 aromatic rings. The minimum Gasteiger partial charge on any atom is -0.333 e. The number of benzene rings is 1. The predicted molar refractivity (Wildman–Crippen MR) is 91.4 cm³/mol. The third-order valence-corrected chi connectivity index (χ3v) is 4.97. The molecule has 0 bridgehead atoms. The van der Waals surface area contributed by atoms with Crippen LogP contribution in [0, 0.1) is 5.82 Å². The molecule has 1 N–H and O–H groups in total. The highest BCUT2D eigenvalue weighted by Gasteiger charge is 2.28. The molecule has 1 fully saturated rings. The first kappa shape index (κ1) is 16.1. The normalized spacial score (nSPS) is 20.5. The molecule has 2 aliphatic rings. The van der Waals surface area contributed by atoms with E-state index in [2.05, 4.69) is 19.8 Å². The second-order valence-corrected chi connectivity index (χ2v) is 6.66. The number of carbonyl (C=O) groups is 1. The van der Waals surface area contributed by atoms with Gasteiger partial charge in [-0.3, -0.25) is 4.90 Å². The van der Waals surface area contributed by atoms with Crippen LogP contribution in [0.4, 0.5) is 9.18 Å². The molecule has 25 heavy (non-hydrogen) atoms. The predicted octanol–water partition coefficient (Wildman–Crippen LogP) is 1.99. The summed E-state index contributed by atoms with van der Waals surface area (Å²) in [6.07, 6.45) is 4.62. The SMILES string of the molecule is O=C(NC1CCn2ccnc21)N1CCN(Cc2cccc(F)c2)CC1. The molecule has 2 amide bonds. The van der Waals surface area contributed by atoms with Crippen molar-refractivity contribution in [3.63, 3.8) is 0 Å². The van der Waals surface area contributed by atoms with Gasteiger partial charge in [-0.15, -0.1) is 0 Å². The van der Waals surface area contributed by atoms with Gasteiger partial charge in [0.1, 0.15) is 11.6 Å². The molecule has 0 saturated carbocycles. The summed E-state index contributed by atoms with van der Waals surface area (Å²) in [6, 6.07) is 6.69. The number of aromatic nitrogens is 2. The van der Waals surface area contributed by atoms with Crippen molar-refractivity contribution in [3.8, 4) is 0 Å². The fourth-order valence-corrected chi connectivity index (χ4v) is 3.60. The lowest BCUT2D eigenvalue weighted by molar-refractivity contribution is 0.133. The van der Waals surface area contributed by atoms with Crippen molar-refractivity contribution in [2.45, 2.75) is 25.6 Å². The molecule has 2 aliphatic heterocycles. The molecule has 0 aliphatic carbocycles. The highest BCUT2D eigenvalue weighted by molar-refractivity contribution is 5.74. The van der Waals surface area contributed by atoms with E-state index in [0.717, 1.165) is 37.4 Å². The Morgan fingerprint density at radius 3 is 2.88 bits per heavy atom.